The molecule has 2 N–H and O–H groups in total. The molecule has 3 rings (SSSR count). The van der Waals surface area contributed by atoms with Gasteiger partial charge in [-0.15, -0.1) is 12.3 Å². The molecule has 0 bridgehead atoms. The number of rotatable bonds is 9. The summed E-state index contributed by atoms with van der Waals surface area (Å²) in [6, 6.07) is 8.83. The summed E-state index contributed by atoms with van der Waals surface area (Å²) in [7, 11) is 0. The molecule has 2 atom stereocenters. The summed E-state index contributed by atoms with van der Waals surface area (Å²) in [5, 5.41) is 6.08. The van der Waals surface area contributed by atoms with Crippen molar-refractivity contribution in [3.05, 3.63) is 48.0 Å². The molecule has 0 radical (unpaired) electrons. The summed E-state index contributed by atoms with van der Waals surface area (Å²) in [5.74, 6) is 1.64. The molecule has 1 aromatic carbocycles. The van der Waals surface area contributed by atoms with Crippen LogP contribution in [0.15, 0.2) is 42.5 Å². The molecular formula is C27H35N3O4. The van der Waals surface area contributed by atoms with Crippen LogP contribution in [0.2, 0.25) is 0 Å². The van der Waals surface area contributed by atoms with E-state index in [2.05, 4.69) is 16.6 Å². The molecule has 2 heterocycles. The third-order valence-electron chi connectivity index (χ3n) is 6.40. The quantitative estimate of drug-likeness (QED) is 0.331. The number of nitrogens with one attached hydrogen (secondary N) is 2. The molecule has 34 heavy (non-hydrogen) atoms. The van der Waals surface area contributed by atoms with Gasteiger partial charge in [0.25, 0.3) is 0 Å². The Balaban J connectivity index is 1.48. The zero-order chi connectivity index (χ0) is 24.2. The van der Waals surface area contributed by atoms with Gasteiger partial charge in [0.15, 0.2) is 0 Å². The van der Waals surface area contributed by atoms with Gasteiger partial charge in [0.2, 0.25) is 11.8 Å². The van der Waals surface area contributed by atoms with E-state index in [9.17, 15) is 14.4 Å². The van der Waals surface area contributed by atoms with E-state index in [0.29, 0.717) is 31.8 Å². The number of piperidine rings is 2. The zero-order valence-corrected chi connectivity index (χ0v) is 19.7. The Morgan fingerprint density at radius 1 is 1.21 bits per heavy atom. The van der Waals surface area contributed by atoms with Gasteiger partial charge in [-0.3, -0.25) is 9.59 Å². The van der Waals surface area contributed by atoms with E-state index in [4.69, 9.17) is 11.2 Å². The number of esters is 1. The van der Waals surface area contributed by atoms with Crippen LogP contribution in [-0.4, -0.2) is 61.5 Å². The highest BCUT2D eigenvalue weighted by Crippen LogP contribution is 2.19. The Morgan fingerprint density at radius 3 is 2.71 bits per heavy atom. The SMILES string of the molecule is C#CC[C@H](NC(=O)[C@@H]1CCCN(C(=O)/C=C/C2CCNCC2)C1)C(=O)OCCc1ccccc1. The highest BCUT2D eigenvalue weighted by Gasteiger charge is 2.31. The molecule has 0 unspecified atom stereocenters. The van der Waals surface area contributed by atoms with Crippen LogP contribution in [0.1, 0.15) is 37.7 Å². The normalized spacial score (nSPS) is 19.9. The number of amides is 2. The minimum absolute atomic E-state index is 0.0588. The van der Waals surface area contributed by atoms with Crippen LogP contribution < -0.4 is 10.6 Å². The molecule has 0 aromatic heterocycles. The van der Waals surface area contributed by atoms with E-state index in [-0.39, 0.29) is 30.8 Å². The van der Waals surface area contributed by atoms with Gasteiger partial charge in [-0.2, -0.15) is 0 Å². The Hall–Kier alpha value is -3.11. The lowest BCUT2D eigenvalue weighted by molar-refractivity contribution is -0.148. The minimum Gasteiger partial charge on any atom is -0.464 e. The Kier molecular flexibility index (Phi) is 10.2. The van der Waals surface area contributed by atoms with Crippen molar-refractivity contribution in [3.8, 4) is 12.3 Å². The standard InChI is InChI=1S/C27H35N3O4/c1-2-7-24(27(33)34-19-15-21-8-4-3-5-9-21)29-26(32)23-10-6-18-30(20-23)25(31)12-11-22-13-16-28-17-14-22/h1,3-5,8-9,11-12,22-24,28H,6-7,10,13-20H2,(H,29,32)/b12-11+/t23-,24+/m1/s1. The van der Waals surface area contributed by atoms with Gasteiger partial charge in [0, 0.05) is 25.9 Å². The van der Waals surface area contributed by atoms with Crippen molar-refractivity contribution in [2.24, 2.45) is 11.8 Å². The largest absolute Gasteiger partial charge is 0.464 e. The van der Waals surface area contributed by atoms with E-state index in [1.807, 2.05) is 36.4 Å². The van der Waals surface area contributed by atoms with Gasteiger partial charge >= 0.3 is 5.97 Å². The minimum atomic E-state index is -0.890. The first kappa shape index (κ1) is 25.5. The summed E-state index contributed by atoms with van der Waals surface area (Å²) in [5.41, 5.74) is 1.06. The van der Waals surface area contributed by atoms with Crippen molar-refractivity contribution >= 4 is 17.8 Å². The first-order valence-electron chi connectivity index (χ1n) is 12.2. The Bertz CT molecular complexity index is 887. The Morgan fingerprint density at radius 2 is 1.97 bits per heavy atom. The van der Waals surface area contributed by atoms with Crippen molar-refractivity contribution in [1.82, 2.24) is 15.5 Å². The Labute approximate surface area is 202 Å². The maximum absolute atomic E-state index is 12.9. The van der Waals surface area contributed by atoms with E-state index in [1.165, 1.54) is 0 Å². The fourth-order valence-corrected chi connectivity index (χ4v) is 4.37. The van der Waals surface area contributed by atoms with Crippen molar-refractivity contribution in [2.45, 2.75) is 44.6 Å². The molecule has 7 nitrogen and oxygen atoms in total. The van der Waals surface area contributed by atoms with Crippen molar-refractivity contribution in [3.63, 3.8) is 0 Å². The number of allylic oxidation sites excluding steroid dienone is 1. The number of benzene rings is 1. The number of hydrogen-bond donors (Lipinski definition) is 2. The third kappa shape index (κ3) is 8.03. The van der Waals surface area contributed by atoms with Crippen LogP contribution >= 0.6 is 0 Å². The summed E-state index contributed by atoms with van der Waals surface area (Å²) in [4.78, 5) is 39.8. The maximum Gasteiger partial charge on any atom is 0.329 e. The predicted molar refractivity (Wildman–Crippen MR) is 131 cm³/mol. The lowest BCUT2D eigenvalue weighted by Gasteiger charge is -2.32. The predicted octanol–water partition coefficient (Wildman–Crippen LogP) is 2.07. The summed E-state index contributed by atoms with van der Waals surface area (Å²) >= 11 is 0. The number of nitrogens with zero attached hydrogens (tertiary/aromatic N) is 1. The van der Waals surface area contributed by atoms with Crippen molar-refractivity contribution in [2.75, 3.05) is 32.8 Å². The first-order chi connectivity index (χ1) is 16.6. The lowest BCUT2D eigenvalue weighted by atomic mass is 9.95. The van der Waals surface area contributed by atoms with Gasteiger partial charge in [-0.1, -0.05) is 36.4 Å². The highest BCUT2D eigenvalue weighted by molar-refractivity contribution is 5.89. The molecule has 2 amide bonds. The maximum atomic E-state index is 12.9. The average molecular weight is 466 g/mol. The van der Waals surface area contributed by atoms with Gasteiger partial charge < -0.3 is 20.3 Å². The third-order valence-corrected chi connectivity index (χ3v) is 6.40. The number of terminal acetylenes is 1. The number of carbonyl (C=O) groups excluding carboxylic acids is 3. The van der Waals surface area contributed by atoms with Gasteiger partial charge in [-0.05, 0) is 56.3 Å². The van der Waals surface area contributed by atoms with Crippen LogP contribution in [0.5, 0.6) is 0 Å². The smallest absolute Gasteiger partial charge is 0.329 e. The number of ether oxygens (including phenoxy) is 1. The lowest BCUT2D eigenvalue weighted by Crippen LogP contribution is -2.49. The van der Waals surface area contributed by atoms with Crippen LogP contribution in [0.3, 0.4) is 0 Å². The number of likely N-dealkylation sites (tertiary alicyclic amines) is 1. The number of carbonyl (C=O) groups is 3. The average Bonchev–Trinajstić information content (AvgIpc) is 2.88. The molecule has 1 aromatic rings. The monoisotopic (exact) mass is 465 g/mol. The molecule has 7 heteroatoms. The van der Waals surface area contributed by atoms with Crippen molar-refractivity contribution < 1.29 is 19.1 Å². The van der Waals surface area contributed by atoms with Gasteiger partial charge in [-0.25, -0.2) is 4.79 Å². The molecule has 0 aliphatic carbocycles. The zero-order valence-electron chi connectivity index (χ0n) is 19.7. The molecule has 0 spiro atoms. The van der Waals surface area contributed by atoms with Crippen LogP contribution in [0.25, 0.3) is 0 Å². The van der Waals surface area contributed by atoms with E-state index in [1.54, 1.807) is 11.0 Å². The summed E-state index contributed by atoms with van der Waals surface area (Å²) < 4.78 is 5.37. The van der Waals surface area contributed by atoms with E-state index < -0.39 is 12.0 Å². The van der Waals surface area contributed by atoms with Crippen molar-refractivity contribution in [1.29, 1.82) is 0 Å². The molecule has 2 fully saturated rings. The van der Waals surface area contributed by atoms with E-state index in [0.717, 1.165) is 37.9 Å². The molecule has 0 saturated carbocycles. The summed E-state index contributed by atoms with van der Waals surface area (Å²) in [6.45, 7) is 3.14. The van der Waals surface area contributed by atoms with Crippen LogP contribution in [0, 0.1) is 24.2 Å². The van der Waals surface area contributed by atoms with Crippen LogP contribution in [-0.2, 0) is 25.5 Å². The molecule has 2 aliphatic heterocycles. The highest BCUT2D eigenvalue weighted by atomic mass is 16.5. The second-order valence-electron chi connectivity index (χ2n) is 8.94. The fraction of sp³-hybridized carbons (Fsp3) is 0.519. The molecule has 2 saturated heterocycles. The van der Waals surface area contributed by atoms with Crippen LogP contribution in [0.4, 0.5) is 0 Å². The summed E-state index contributed by atoms with van der Waals surface area (Å²) in [6.07, 6.45) is 13.2. The molecule has 2 aliphatic rings. The van der Waals surface area contributed by atoms with Gasteiger partial charge in [0.1, 0.15) is 6.04 Å². The second-order valence-corrected chi connectivity index (χ2v) is 8.94. The first-order valence-corrected chi connectivity index (χ1v) is 12.2. The molecular weight excluding hydrogens is 430 g/mol. The second kappa shape index (κ2) is 13.6. The number of hydrogen-bond acceptors (Lipinski definition) is 5. The topological polar surface area (TPSA) is 87.7 Å². The van der Waals surface area contributed by atoms with Gasteiger partial charge in [0.05, 0.1) is 12.5 Å². The fourth-order valence-electron chi connectivity index (χ4n) is 4.37. The molecule has 182 valence electrons. The van der Waals surface area contributed by atoms with E-state index >= 15 is 0 Å².